The van der Waals surface area contributed by atoms with E-state index in [2.05, 4.69) is 27.3 Å². The SMILES string of the molecule is CCNC(=NCc1nc(-c2ccc(Cl)cc2)no1)N1CCOC(C2CCCO2)C1.I. The number of rotatable bonds is 5. The normalized spacial score (nSPS) is 22.1. The van der Waals surface area contributed by atoms with Gasteiger partial charge >= 0.3 is 0 Å². The maximum Gasteiger partial charge on any atom is 0.248 e. The second-order valence-corrected chi connectivity index (χ2v) is 7.53. The first-order chi connectivity index (χ1) is 14.2. The molecule has 2 aliphatic heterocycles. The summed E-state index contributed by atoms with van der Waals surface area (Å²) in [5.41, 5.74) is 0.855. The highest BCUT2D eigenvalue weighted by molar-refractivity contribution is 14.0. The number of halogens is 2. The fraction of sp³-hybridized carbons (Fsp3) is 0.550. The second kappa shape index (κ2) is 11.3. The van der Waals surface area contributed by atoms with Gasteiger partial charge < -0.3 is 24.2 Å². The van der Waals surface area contributed by atoms with Gasteiger partial charge in [0.25, 0.3) is 0 Å². The Morgan fingerprint density at radius 2 is 2.03 bits per heavy atom. The zero-order chi connectivity index (χ0) is 20.1. The molecule has 0 aliphatic carbocycles. The molecule has 2 aromatic rings. The third kappa shape index (κ3) is 5.83. The van der Waals surface area contributed by atoms with Crippen LogP contribution in [0.1, 0.15) is 25.7 Å². The van der Waals surface area contributed by atoms with Crippen molar-refractivity contribution in [2.75, 3.05) is 32.8 Å². The van der Waals surface area contributed by atoms with Crippen LogP contribution in [-0.2, 0) is 16.0 Å². The highest BCUT2D eigenvalue weighted by Crippen LogP contribution is 2.21. The van der Waals surface area contributed by atoms with E-state index < -0.39 is 0 Å². The van der Waals surface area contributed by atoms with Gasteiger partial charge in [0.2, 0.25) is 11.7 Å². The smallest absolute Gasteiger partial charge is 0.248 e. The van der Waals surface area contributed by atoms with Crippen molar-refractivity contribution in [2.24, 2.45) is 4.99 Å². The van der Waals surface area contributed by atoms with E-state index in [0.717, 1.165) is 50.6 Å². The molecule has 0 amide bonds. The molecule has 2 fully saturated rings. The Morgan fingerprint density at radius 3 is 2.77 bits per heavy atom. The summed E-state index contributed by atoms with van der Waals surface area (Å²) in [6.45, 7) is 6.18. The fourth-order valence-corrected chi connectivity index (χ4v) is 3.72. The van der Waals surface area contributed by atoms with Gasteiger partial charge in [0.1, 0.15) is 12.6 Å². The van der Waals surface area contributed by atoms with Crippen LogP contribution in [0.4, 0.5) is 0 Å². The molecule has 164 valence electrons. The van der Waals surface area contributed by atoms with Gasteiger partial charge in [-0.25, -0.2) is 4.99 Å². The molecule has 2 atom stereocenters. The van der Waals surface area contributed by atoms with Crippen LogP contribution in [0, 0.1) is 0 Å². The highest BCUT2D eigenvalue weighted by Gasteiger charge is 2.32. The van der Waals surface area contributed by atoms with Crippen molar-refractivity contribution in [3.63, 3.8) is 0 Å². The zero-order valence-corrected chi connectivity index (χ0v) is 20.0. The lowest BCUT2D eigenvalue weighted by Gasteiger charge is -2.37. The van der Waals surface area contributed by atoms with Gasteiger partial charge in [0.05, 0.1) is 12.7 Å². The van der Waals surface area contributed by atoms with Gasteiger partial charge in [-0.2, -0.15) is 4.98 Å². The summed E-state index contributed by atoms with van der Waals surface area (Å²) in [7, 11) is 0. The number of aliphatic imine (C=N–C) groups is 1. The van der Waals surface area contributed by atoms with E-state index >= 15 is 0 Å². The first-order valence-corrected chi connectivity index (χ1v) is 10.5. The quantitative estimate of drug-likeness (QED) is 0.349. The van der Waals surface area contributed by atoms with E-state index in [1.807, 2.05) is 12.1 Å². The molecule has 1 aromatic heterocycles. The Kier molecular flexibility index (Phi) is 8.72. The first kappa shape index (κ1) is 23.2. The molecule has 0 bridgehead atoms. The maximum absolute atomic E-state index is 5.94. The van der Waals surface area contributed by atoms with Crippen LogP contribution in [0.3, 0.4) is 0 Å². The summed E-state index contributed by atoms with van der Waals surface area (Å²) >= 11 is 5.93. The van der Waals surface area contributed by atoms with Crippen molar-refractivity contribution in [3.05, 3.63) is 35.2 Å². The number of benzene rings is 1. The zero-order valence-electron chi connectivity index (χ0n) is 16.9. The summed E-state index contributed by atoms with van der Waals surface area (Å²) in [5.74, 6) is 1.82. The number of morpholine rings is 1. The molecule has 10 heteroatoms. The number of aromatic nitrogens is 2. The topological polar surface area (TPSA) is 85.0 Å². The van der Waals surface area contributed by atoms with E-state index in [1.165, 1.54) is 0 Å². The molecule has 3 heterocycles. The summed E-state index contributed by atoms with van der Waals surface area (Å²) < 4.78 is 17.1. The Hall–Kier alpha value is -1.43. The summed E-state index contributed by atoms with van der Waals surface area (Å²) in [6, 6.07) is 7.33. The number of hydrogen-bond donors (Lipinski definition) is 1. The molecule has 0 spiro atoms. The van der Waals surface area contributed by atoms with E-state index in [4.69, 9.17) is 30.6 Å². The maximum atomic E-state index is 5.94. The summed E-state index contributed by atoms with van der Waals surface area (Å²) in [5, 5.41) is 8.07. The molecule has 1 N–H and O–H groups in total. The number of hydrogen-bond acceptors (Lipinski definition) is 6. The monoisotopic (exact) mass is 547 g/mol. The predicted molar refractivity (Wildman–Crippen MR) is 125 cm³/mol. The Bertz CT molecular complexity index is 826. The van der Waals surface area contributed by atoms with Gasteiger partial charge in [-0.15, -0.1) is 24.0 Å². The summed E-state index contributed by atoms with van der Waals surface area (Å²) in [4.78, 5) is 11.4. The van der Waals surface area contributed by atoms with E-state index in [-0.39, 0.29) is 36.2 Å². The van der Waals surface area contributed by atoms with Crippen LogP contribution in [0.15, 0.2) is 33.8 Å². The van der Waals surface area contributed by atoms with Crippen molar-refractivity contribution in [2.45, 2.75) is 38.5 Å². The summed E-state index contributed by atoms with van der Waals surface area (Å²) in [6.07, 6.45) is 2.42. The van der Waals surface area contributed by atoms with Crippen LogP contribution in [0.2, 0.25) is 5.02 Å². The number of guanidine groups is 1. The van der Waals surface area contributed by atoms with Crippen molar-refractivity contribution < 1.29 is 14.0 Å². The van der Waals surface area contributed by atoms with E-state index in [1.54, 1.807) is 12.1 Å². The number of nitrogens with one attached hydrogen (secondary N) is 1. The number of ether oxygens (including phenoxy) is 2. The predicted octanol–water partition coefficient (Wildman–Crippen LogP) is 3.35. The van der Waals surface area contributed by atoms with Gasteiger partial charge in [-0.05, 0) is 44.0 Å². The lowest BCUT2D eigenvalue weighted by atomic mass is 10.1. The van der Waals surface area contributed by atoms with E-state index in [9.17, 15) is 0 Å². The minimum Gasteiger partial charge on any atom is -0.375 e. The van der Waals surface area contributed by atoms with Crippen molar-refractivity contribution in [1.29, 1.82) is 0 Å². The average molecular weight is 548 g/mol. The minimum absolute atomic E-state index is 0. The van der Waals surface area contributed by atoms with Gasteiger partial charge in [-0.1, -0.05) is 16.8 Å². The van der Waals surface area contributed by atoms with Gasteiger partial charge in [-0.3, -0.25) is 0 Å². The molecule has 0 radical (unpaired) electrons. The molecule has 2 aliphatic rings. The fourth-order valence-electron chi connectivity index (χ4n) is 3.59. The molecule has 1 aromatic carbocycles. The van der Waals surface area contributed by atoms with Crippen LogP contribution in [-0.4, -0.2) is 66.1 Å². The van der Waals surface area contributed by atoms with Crippen LogP contribution < -0.4 is 5.32 Å². The first-order valence-electron chi connectivity index (χ1n) is 10.1. The molecule has 4 rings (SSSR count). The van der Waals surface area contributed by atoms with E-state index in [0.29, 0.717) is 29.9 Å². The lowest BCUT2D eigenvalue weighted by molar-refractivity contribution is -0.0817. The second-order valence-electron chi connectivity index (χ2n) is 7.10. The molecule has 0 saturated carbocycles. The number of nitrogens with zero attached hydrogens (tertiary/aromatic N) is 4. The third-order valence-corrected chi connectivity index (χ3v) is 5.29. The molecule has 2 unspecified atom stereocenters. The highest BCUT2D eigenvalue weighted by atomic mass is 127. The third-order valence-electron chi connectivity index (χ3n) is 5.04. The Balaban J connectivity index is 0.00000256. The lowest BCUT2D eigenvalue weighted by Crippen LogP contribution is -2.53. The van der Waals surface area contributed by atoms with Crippen molar-refractivity contribution >= 4 is 41.5 Å². The molecule has 30 heavy (non-hydrogen) atoms. The van der Waals surface area contributed by atoms with Crippen LogP contribution in [0.25, 0.3) is 11.4 Å². The largest absolute Gasteiger partial charge is 0.375 e. The minimum atomic E-state index is 0. The Labute approximate surface area is 198 Å². The van der Waals surface area contributed by atoms with Gasteiger partial charge in [0.15, 0.2) is 5.96 Å². The standard InChI is InChI=1S/C20H26ClN5O3.HI/c1-2-22-20(26-9-11-28-17(13-26)16-4-3-10-27-16)23-12-18-24-19(25-29-18)14-5-7-15(21)8-6-14;/h5-8,16-17H,2-4,9-13H2,1H3,(H,22,23);1H. The van der Waals surface area contributed by atoms with Crippen LogP contribution in [0.5, 0.6) is 0 Å². The van der Waals surface area contributed by atoms with Crippen molar-refractivity contribution in [3.8, 4) is 11.4 Å². The molecular weight excluding hydrogens is 521 g/mol. The Morgan fingerprint density at radius 1 is 1.23 bits per heavy atom. The van der Waals surface area contributed by atoms with Crippen LogP contribution >= 0.6 is 35.6 Å². The molecule has 8 nitrogen and oxygen atoms in total. The van der Waals surface area contributed by atoms with Gasteiger partial charge in [0, 0.05) is 36.8 Å². The molecule has 2 saturated heterocycles. The van der Waals surface area contributed by atoms with Crippen molar-refractivity contribution in [1.82, 2.24) is 20.4 Å². The average Bonchev–Trinajstić information content (AvgIpc) is 3.44. The molecular formula is C20H27ClIN5O3.